The van der Waals surface area contributed by atoms with Crippen molar-refractivity contribution in [2.45, 2.75) is 12.8 Å². The summed E-state index contributed by atoms with van der Waals surface area (Å²) in [7, 11) is 1.60. The first-order valence-corrected chi connectivity index (χ1v) is 7.75. The monoisotopic (exact) mass is 360 g/mol. The Morgan fingerprint density at radius 2 is 2.00 bits per heavy atom. The van der Waals surface area contributed by atoms with Crippen LogP contribution in [0.3, 0.4) is 0 Å². The second-order valence-corrected chi connectivity index (χ2v) is 6.10. The van der Waals surface area contributed by atoms with Gasteiger partial charge in [0.05, 0.1) is 7.11 Å². The van der Waals surface area contributed by atoms with Gasteiger partial charge in [0, 0.05) is 21.2 Å². The molecular formula is C18H14BrFO2. The van der Waals surface area contributed by atoms with E-state index in [1.807, 2.05) is 6.07 Å². The van der Waals surface area contributed by atoms with Gasteiger partial charge in [-0.15, -0.1) is 0 Å². The molecule has 1 aliphatic rings. The zero-order valence-corrected chi connectivity index (χ0v) is 13.6. The number of carbonyl (C=O) groups excluding carboxylic acids is 1. The van der Waals surface area contributed by atoms with E-state index in [0.717, 1.165) is 22.2 Å². The van der Waals surface area contributed by atoms with Crippen LogP contribution in [0.4, 0.5) is 4.39 Å². The van der Waals surface area contributed by atoms with Crippen molar-refractivity contribution in [3.8, 4) is 5.75 Å². The summed E-state index contributed by atoms with van der Waals surface area (Å²) in [6.07, 6.45) is 3.00. The molecule has 0 unspecified atom stereocenters. The van der Waals surface area contributed by atoms with E-state index in [2.05, 4.69) is 15.9 Å². The summed E-state index contributed by atoms with van der Waals surface area (Å²) < 4.78 is 19.8. The molecule has 0 saturated heterocycles. The van der Waals surface area contributed by atoms with E-state index >= 15 is 0 Å². The second-order valence-electron chi connectivity index (χ2n) is 5.19. The zero-order chi connectivity index (χ0) is 15.7. The van der Waals surface area contributed by atoms with Crippen LogP contribution in [0.25, 0.3) is 6.08 Å². The van der Waals surface area contributed by atoms with Gasteiger partial charge in [0.1, 0.15) is 11.6 Å². The normalized spacial score (nSPS) is 15.8. The maximum atomic E-state index is 13.9. The van der Waals surface area contributed by atoms with Crippen LogP contribution in [0.2, 0.25) is 0 Å². The molecule has 22 heavy (non-hydrogen) atoms. The summed E-state index contributed by atoms with van der Waals surface area (Å²) in [4.78, 5) is 12.6. The fourth-order valence-corrected chi connectivity index (χ4v) is 3.01. The van der Waals surface area contributed by atoms with Crippen LogP contribution < -0.4 is 4.74 Å². The topological polar surface area (TPSA) is 26.3 Å². The first-order chi connectivity index (χ1) is 10.6. The lowest BCUT2D eigenvalue weighted by Crippen LogP contribution is -2.14. The predicted octanol–water partition coefficient (Wildman–Crippen LogP) is 4.81. The van der Waals surface area contributed by atoms with E-state index in [1.54, 1.807) is 37.5 Å². The molecule has 0 atom stereocenters. The van der Waals surface area contributed by atoms with Crippen LogP contribution in [-0.4, -0.2) is 12.9 Å². The lowest BCUT2D eigenvalue weighted by Gasteiger charge is -2.18. The number of aryl methyl sites for hydroxylation is 1. The number of allylic oxidation sites excluding steroid dienone is 1. The maximum absolute atomic E-state index is 13.9. The molecule has 0 bridgehead atoms. The molecule has 2 nitrogen and oxygen atoms in total. The number of rotatable bonds is 2. The van der Waals surface area contributed by atoms with Gasteiger partial charge in [-0.05, 0) is 60.9 Å². The molecule has 0 amide bonds. The maximum Gasteiger partial charge on any atom is 0.189 e. The Labute approximate surface area is 136 Å². The molecule has 0 aliphatic heterocycles. The molecule has 0 saturated carbocycles. The third kappa shape index (κ3) is 2.83. The van der Waals surface area contributed by atoms with Crippen LogP contribution in [-0.2, 0) is 6.42 Å². The van der Waals surface area contributed by atoms with Crippen molar-refractivity contribution in [3.05, 3.63) is 69.0 Å². The molecule has 2 aromatic rings. The minimum Gasteiger partial charge on any atom is -0.497 e. The fraction of sp³-hybridized carbons (Fsp3) is 0.167. The largest absolute Gasteiger partial charge is 0.497 e. The van der Waals surface area contributed by atoms with Gasteiger partial charge in [0.15, 0.2) is 5.78 Å². The molecular weight excluding hydrogens is 347 g/mol. The minimum absolute atomic E-state index is 0.0386. The molecule has 3 rings (SSSR count). The van der Waals surface area contributed by atoms with Crippen molar-refractivity contribution in [3.63, 3.8) is 0 Å². The number of Topliss-reactive ketones (excluding diaryl/α,β-unsaturated/α-hetero) is 1. The molecule has 112 valence electrons. The Bertz CT molecular complexity index is 781. The standard InChI is InChI=1S/C18H14BrFO2/c1-22-15-5-6-16-11(10-15)2-3-12(18(16)21)8-13-9-14(19)4-7-17(13)20/h4-10H,2-3H2,1H3/b12-8-. The number of carbonyl (C=O) groups is 1. The summed E-state index contributed by atoms with van der Waals surface area (Å²) in [6, 6.07) is 10.2. The van der Waals surface area contributed by atoms with Crippen molar-refractivity contribution >= 4 is 27.8 Å². The average Bonchev–Trinajstić information content (AvgIpc) is 2.53. The average molecular weight is 361 g/mol. The Kier molecular flexibility index (Phi) is 4.12. The molecule has 1 aliphatic carbocycles. The summed E-state index contributed by atoms with van der Waals surface area (Å²) in [6.45, 7) is 0. The molecule has 0 aromatic heterocycles. The van der Waals surface area contributed by atoms with E-state index in [0.29, 0.717) is 23.1 Å². The van der Waals surface area contributed by atoms with Gasteiger partial charge in [-0.1, -0.05) is 15.9 Å². The number of halogens is 2. The number of ether oxygens (including phenoxy) is 1. The van der Waals surface area contributed by atoms with Crippen LogP contribution >= 0.6 is 15.9 Å². The van der Waals surface area contributed by atoms with Crippen molar-refractivity contribution in [2.24, 2.45) is 0 Å². The smallest absolute Gasteiger partial charge is 0.189 e. The number of hydrogen-bond acceptors (Lipinski definition) is 2. The van der Waals surface area contributed by atoms with E-state index in [-0.39, 0.29) is 11.6 Å². The molecule has 0 spiro atoms. The Hall–Kier alpha value is -1.94. The van der Waals surface area contributed by atoms with Crippen LogP contribution in [0.5, 0.6) is 5.75 Å². The molecule has 2 aromatic carbocycles. The Morgan fingerprint density at radius 3 is 2.77 bits per heavy atom. The number of fused-ring (bicyclic) bond motifs is 1. The third-order valence-corrected chi connectivity index (χ3v) is 4.29. The Balaban J connectivity index is 1.99. The second kappa shape index (κ2) is 6.05. The lowest BCUT2D eigenvalue weighted by molar-refractivity contribution is 0.102. The third-order valence-electron chi connectivity index (χ3n) is 3.80. The van der Waals surface area contributed by atoms with Gasteiger partial charge >= 0.3 is 0 Å². The zero-order valence-electron chi connectivity index (χ0n) is 12.0. The van der Waals surface area contributed by atoms with Crippen molar-refractivity contribution in [2.75, 3.05) is 7.11 Å². The summed E-state index contributed by atoms with van der Waals surface area (Å²) in [5, 5.41) is 0. The summed E-state index contributed by atoms with van der Waals surface area (Å²) in [5.74, 6) is 0.379. The van der Waals surface area contributed by atoms with E-state index in [9.17, 15) is 9.18 Å². The highest BCUT2D eigenvalue weighted by molar-refractivity contribution is 9.10. The Morgan fingerprint density at radius 1 is 1.18 bits per heavy atom. The summed E-state index contributed by atoms with van der Waals surface area (Å²) >= 11 is 3.32. The van der Waals surface area contributed by atoms with E-state index in [4.69, 9.17) is 4.74 Å². The molecule has 0 heterocycles. The van der Waals surface area contributed by atoms with Crippen molar-refractivity contribution in [1.29, 1.82) is 0 Å². The van der Waals surface area contributed by atoms with Gasteiger partial charge in [-0.2, -0.15) is 0 Å². The highest BCUT2D eigenvalue weighted by Gasteiger charge is 2.22. The number of benzene rings is 2. The van der Waals surface area contributed by atoms with Crippen molar-refractivity contribution in [1.82, 2.24) is 0 Å². The van der Waals surface area contributed by atoms with E-state index < -0.39 is 0 Å². The molecule has 0 radical (unpaired) electrons. The van der Waals surface area contributed by atoms with Gasteiger partial charge in [-0.3, -0.25) is 4.79 Å². The van der Waals surface area contributed by atoms with Crippen molar-refractivity contribution < 1.29 is 13.9 Å². The minimum atomic E-state index is -0.330. The van der Waals surface area contributed by atoms with Gasteiger partial charge in [0.2, 0.25) is 0 Å². The van der Waals surface area contributed by atoms with Crippen LogP contribution in [0.1, 0.15) is 27.9 Å². The van der Waals surface area contributed by atoms with Crippen LogP contribution in [0, 0.1) is 5.82 Å². The number of hydrogen-bond donors (Lipinski definition) is 0. The molecule has 0 fully saturated rings. The first kappa shape index (κ1) is 15.0. The molecule has 4 heteroatoms. The molecule has 0 N–H and O–H groups in total. The fourth-order valence-electron chi connectivity index (χ4n) is 2.63. The first-order valence-electron chi connectivity index (χ1n) is 6.95. The van der Waals surface area contributed by atoms with Crippen LogP contribution in [0.15, 0.2) is 46.4 Å². The number of methoxy groups -OCH3 is 1. The quantitative estimate of drug-likeness (QED) is 0.718. The highest BCUT2D eigenvalue weighted by atomic mass is 79.9. The highest BCUT2D eigenvalue weighted by Crippen LogP contribution is 2.30. The predicted molar refractivity (Wildman–Crippen MR) is 87.7 cm³/mol. The SMILES string of the molecule is COc1ccc2c(c1)CC/C(=C/c1cc(Br)ccc1F)C2=O. The van der Waals surface area contributed by atoms with Gasteiger partial charge < -0.3 is 4.74 Å². The van der Waals surface area contributed by atoms with Gasteiger partial charge in [-0.25, -0.2) is 4.39 Å². The summed E-state index contributed by atoms with van der Waals surface area (Å²) in [5.41, 5.74) is 2.72. The van der Waals surface area contributed by atoms with E-state index in [1.165, 1.54) is 6.07 Å². The lowest BCUT2D eigenvalue weighted by atomic mass is 9.86. The van der Waals surface area contributed by atoms with Gasteiger partial charge in [0.25, 0.3) is 0 Å². The number of ketones is 1.